The summed E-state index contributed by atoms with van der Waals surface area (Å²) in [6, 6.07) is 13.6. The first-order valence-corrected chi connectivity index (χ1v) is 40.6. The predicted octanol–water partition coefficient (Wildman–Crippen LogP) is 19.4. The molecule has 544 valence electrons. The fourth-order valence-corrected chi connectivity index (χ4v) is 20.7. The zero-order valence-corrected chi connectivity index (χ0v) is 60.9. The SMILES string of the molecule is CN(CCOC1CCC2C3CCc4cc(OCCCSSCCCCCCOOCCCCCCSSCCCOc5ccc6c(c5)CCC5C6CCC6(C)C(OCCN(C)CCOC(C)(C(F)(F)F)C(F)(F)F)CCC56)ccc4C3CCC12C)CCOC(C)(C)C(F)(F)F. The summed E-state index contributed by atoms with van der Waals surface area (Å²) < 4.78 is 154. The Labute approximate surface area is 577 Å². The molecule has 0 saturated heterocycles. The van der Waals surface area contributed by atoms with Crippen LogP contribution >= 0.6 is 43.2 Å². The number of aryl methyl sites for hydroxylation is 2. The first-order chi connectivity index (χ1) is 45.3. The van der Waals surface area contributed by atoms with Gasteiger partial charge in [0.05, 0.1) is 65.1 Å². The van der Waals surface area contributed by atoms with Crippen LogP contribution in [0.4, 0.5) is 39.5 Å². The highest BCUT2D eigenvalue weighted by molar-refractivity contribution is 8.77. The third-order valence-electron chi connectivity index (χ3n) is 22.3. The van der Waals surface area contributed by atoms with Crippen LogP contribution in [0.25, 0.3) is 0 Å². The monoisotopic (exact) mass is 1430 g/mol. The molecule has 10 atom stereocenters. The second-order valence-electron chi connectivity index (χ2n) is 29.0. The number of alkyl halides is 9. The van der Waals surface area contributed by atoms with Crippen LogP contribution < -0.4 is 9.47 Å². The Balaban J connectivity index is 0.556. The quantitative estimate of drug-likeness (QED) is 0.0208. The Hall–Kier alpha value is -1.51. The molecule has 4 saturated carbocycles. The average molecular weight is 1430 g/mol. The van der Waals surface area contributed by atoms with Crippen LogP contribution in [0.3, 0.4) is 0 Å². The minimum atomic E-state index is -5.57. The molecule has 23 heteroatoms. The van der Waals surface area contributed by atoms with Crippen molar-refractivity contribution in [3.63, 3.8) is 0 Å². The highest BCUT2D eigenvalue weighted by Crippen LogP contribution is 2.63. The maximum atomic E-state index is 13.2. The number of ether oxygens (including phenoxy) is 6. The van der Waals surface area contributed by atoms with Crippen LogP contribution in [0.2, 0.25) is 0 Å². The molecule has 6 aliphatic rings. The van der Waals surface area contributed by atoms with Gasteiger partial charge in [-0.15, -0.1) is 0 Å². The molecule has 0 spiro atoms. The molecule has 0 radical (unpaired) electrons. The van der Waals surface area contributed by atoms with E-state index in [0.717, 1.165) is 151 Å². The molecular weight excluding hydrogens is 1320 g/mol. The van der Waals surface area contributed by atoms with Crippen molar-refractivity contribution in [3.05, 3.63) is 58.7 Å². The van der Waals surface area contributed by atoms with Crippen LogP contribution in [0, 0.1) is 34.5 Å². The molecule has 2 aromatic rings. The van der Waals surface area contributed by atoms with Gasteiger partial charge in [-0.1, -0.05) is 94.8 Å². The number of halogens is 9. The minimum Gasteiger partial charge on any atom is -0.494 e. The Morgan fingerprint density at radius 3 is 1.26 bits per heavy atom. The van der Waals surface area contributed by atoms with Crippen molar-refractivity contribution in [1.29, 1.82) is 0 Å². The van der Waals surface area contributed by atoms with Crippen molar-refractivity contribution in [2.45, 2.75) is 230 Å². The van der Waals surface area contributed by atoms with E-state index in [-0.39, 0.29) is 43.1 Å². The molecule has 10 nitrogen and oxygen atoms in total. The van der Waals surface area contributed by atoms with Gasteiger partial charge in [0.1, 0.15) is 11.5 Å². The summed E-state index contributed by atoms with van der Waals surface area (Å²) in [5.74, 6) is 9.96. The molecular formula is C72H111F9N2O8S4. The van der Waals surface area contributed by atoms with Gasteiger partial charge in [-0.3, -0.25) is 0 Å². The standard InChI is InChI=1S/C72H111F9N2O8S4/c1-66(2,70(73,74)75)88-44-36-82(6)34-42-86-64-28-26-62-60-22-18-52-50-54(20-24-56(52)58(60)30-32-67(62,64)3)84-38-16-48-94-92-46-14-10-8-12-40-90-91-41-13-9-11-15-47-93-95-49-17-39-85-55-21-25-57-53(51-55)19-23-61-59(57)31-33-68(4)63(61)27-29-65(68)87-43-35-83(7)37-45-89-69(5,71(76,77)78)72(79,80)81/h20-21,24-25,50-51,58-65H,8-19,22-23,26-49H2,1-7H3. The molecule has 2 aromatic carbocycles. The molecule has 4 fully saturated rings. The van der Waals surface area contributed by atoms with Gasteiger partial charge in [-0.05, 0) is 243 Å². The second kappa shape index (κ2) is 37.1. The van der Waals surface area contributed by atoms with E-state index in [1.165, 1.54) is 67.2 Å². The number of nitrogens with zero attached hydrogens (tertiary/aromatic N) is 2. The molecule has 6 aliphatic carbocycles. The van der Waals surface area contributed by atoms with Crippen molar-refractivity contribution in [1.82, 2.24) is 9.80 Å². The molecule has 0 aliphatic heterocycles. The second-order valence-corrected chi connectivity index (χ2v) is 34.4. The van der Waals surface area contributed by atoms with Crippen LogP contribution in [-0.4, -0.2) is 168 Å². The minimum absolute atomic E-state index is 0.0245. The van der Waals surface area contributed by atoms with E-state index < -0.39 is 36.3 Å². The lowest BCUT2D eigenvalue weighted by Crippen LogP contribution is -2.57. The largest absolute Gasteiger partial charge is 0.494 e. The molecule has 0 N–H and O–H groups in total. The summed E-state index contributed by atoms with van der Waals surface area (Å²) in [5, 5.41) is 0. The Morgan fingerprint density at radius 2 is 0.842 bits per heavy atom. The van der Waals surface area contributed by atoms with E-state index in [9.17, 15) is 39.5 Å². The molecule has 0 aromatic heterocycles. The van der Waals surface area contributed by atoms with Gasteiger partial charge in [0.15, 0.2) is 5.60 Å². The number of fused-ring (bicyclic) bond motifs is 10. The number of hydrogen-bond acceptors (Lipinski definition) is 14. The third-order valence-corrected chi connectivity index (χ3v) is 27.5. The number of unbranched alkanes of at least 4 members (excludes halogenated alkanes) is 6. The lowest BCUT2D eigenvalue weighted by molar-refractivity contribution is -0.374. The summed E-state index contributed by atoms with van der Waals surface area (Å²) in [7, 11) is 11.4. The van der Waals surface area contributed by atoms with E-state index >= 15 is 0 Å². The van der Waals surface area contributed by atoms with Gasteiger partial charge in [-0.25, -0.2) is 9.78 Å². The van der Waals surface area contributed by atoms with Gasteiger partial charge in [0, 0.05) is 49.2 Å². The van der Waals surface area contributed by atoms with Crippen molar-refractivity contribution in [2.24, 2.45) is 34.5 Å². The fourth-order valence-electron chi connectivity index (χ4n) is 16.3. The van der Waals surface area contributed by atoms with Crippen LogP contribution in [-0.2, 0) is 41.6 Å². The number of hydrogen-bond donors (Lipinski definition) is 0. The van der Waals surface area contributed by atoms with E-state index in [1.807, 2.05) is 55.1 Å². The van der Waals surface area contributed by atoms with E-state index in [0.29, 0.717) is 88.2 Å². The lowest BCUT2D eigenvalue weighted by Gasteiger charge is -2.50. The van der Waals surface area contributed by atoms with Crippen LogP contribution in [0.15, 0.2) is 36.4 Å². The van der Waals surface area contributed by atoms with E-state index in [4.69, 9.17) is 33.5 Å². The lowest BCUT2D eigenvalue weighted by atomic mass is 9.55. The Bertz CT molecular complexity index is 2580. The van der Waals surface area contributed by atoms with Gasteiger partial charge in [-0.2, -0.15) is 39.5 Å². The van der Waals surface area contributed by atoms with Crippen molar-refractivity contribution in [3.8, 4) is 11.5 Å². The van der Waals surface area contributed by atoms with E-state index in [1.54, 1.807) is 11.9 Å². The van der Waals surface area contributed by atoms with Gasteiger partial charge in [0.25, 0.3) is 5.60 Å². The molecule has 95 heavy (non-hydrogen) atoms. The predicted molar refractivity (Wildman–Crippen MR) is 368 cm³/mol. The number of rotatable bonds is 43. The maximum Gasteiger partial charge on any atom is 0.426 e. The van der Waals surface area contributed by atoms with Crippen molar-refractivity contribution >= 4 is 43.2 Å². The molecule has 10 unspecified atom stereocenters. The Morgan fingerprint density at radius 1 is 0.442 bits per heavy atom. The Kier molecular flexibility index (Phi) is 30.9. The van der Waals surface area contributed by atoms with Crippen LogP contribution in [0.5, 0.6) is 11.5 Å². The third kappa shape index (κ3) is 21.8. The van der Waals surface area contributed by atoms with Crippen molar-refractivity contribution < 1.29 is 77.7 Å². The number of benzene rings is 2. The molecule has 0 amide bonds. The first-order valence-electron chi connectivity index (χ1n) is 35.6. The number of likely N-dealkylation sites (N-methyl/N-ethyl adjacent to an activating group) is 2. The smallest absolute Gasteiger partial charge is 0.426 e. The van der Waals surface area contributed by atoms with Crippen LogP contribution in [0.1, 0.15) is 197 Å². The highest BCUT2D eigenvalue weighted by Gasteiger charge is 2.69. The summed E-state index contributed by atoms with van der Waals surface area (Å²) >= 11 is 0. The van der Waals surface area contributed by atoms with Crippen molar-refractivity contribution in [2.75, 3.05) is 116 Å². The normalized spacial score (nSPS) is 26.1. The first kappa shape index (κ1) is 79.2. The van der Waals surface area contributed by atoms with Gasteiger partial charge >= 0.3 is 18.5 Å². The maximum absolute atomic E-state index is 13.2. The van der Waals surface area contributed by atoms with Gasteiger partial charge < -0.3 is 38.2 Å². The molecule has 0 heterocycles. The fraction of sp³-hybridized carbons (Fsp3) is 0.833. The molecule has 8 rings (SSSR count). The topological polar surface area (TPSA) is 80.3 Å². The summed E-state index contributed by atoms with van der Waals surface area (Å²) in [4.78, 5) is 14.6. The van der Waals surface area contributed by atoms with Gasteiger partial charge in [0.2, 0.25) is 0 Å². The highest BCUT2D eigenvalue weighted by atomic mass is 33.1. The molecule has 0 bridgehead atoms. The average Bonchev–Trinajstić information content (AvgIpc) is 1.65. The van der Waals surface area contributed by atoms with E-state index in [2.05, 4.69) is 55.0 Å². The summed E-state index contributed by atoms with van der Waals surface area (Å²) in [6.45, 7) is 11.4. The summed E-state index contributed by atoms with van der Waals surface area (Å²) in [6.07, 6.45) is 9.26. The summed E-state index contributed by atoms with van der Waals surface area (Å²) in [5.41, 5.74) is -0.298. The zero-order chi connectivity index (χ0) is 68.3. The zero-order valence-electron chi connectivity index (χ0n) is 57.6.